The number of hydrogen-bond acceptors (Lipinski definition) is 5. The van der Waals surface area contributed by atoms with E-state index in [0.29, 0.717) is 16.5 Å². The van der Waals surface area contributed by atoms with Crippen molar-refractivity contribution in [2.24, 2.45) is 0 Å². The number of carboxylic acid groups (broad SMARTS) is 1. The summed E-state index contributed by atoms with van der Waals surface area (Å²) in [7, 11) is 0. The van der Waals surface area contributed by atoms with Crippen LogP contribution in [0, 0.1) is 0 Å². The summed E-state index contributed by atoms with van der Waals surface area (Å²) in [5.74, 6) is -0.475. The van der Waals surface area contributed by atoms with E-state index in [0.717, 1.165) is 24.6 Å². The zero-order valence-electron chi connectivity index (χ0n) is 10.4. The Balaban J connectivity index is 2.02. The molecule has 2 heterocycles. The molecule has 104 valence electrons. The van der Waals surface area contributed by atoms with Crippen molar-refractivity contribution in [2.45, 2.75) is 24.0 Å². The van der Waals surface area contributed by atoms with Gasteiger partial charge in [-0.1, -0.05) is 11.8 Å². The maximum absolute atomic E-state index is 11.9. The van der Waals surface area contributed by atoms with Crippen molar-refractivity contribution < 1.29 is 9.90 Å². The second-order valence-corrected chi connectivity index (χ2v) is 5.45. The molecule has 8 heteroatoms. The summed E-state index contributed by atoms with van der Waals surface area (Å²) in [6.07, 6.45) is 5.15. The highest BCUT2D eigenvalue weighted by atomic mass is 32.2. The number of H-pyrrole nitrogens is 1. The molecule has 0 bridgehead atoms. The van der Waals surface area contributed by atoms with Crippen molar-refractivity contribution in [2.75, 3.05) is 5.75 Å². The van der Waals surface area contributed by atoms with Gasteiger partial charge in [0.25, 0.3) is 0 Å². The predicted octanol–water partition coefficient (Wildman–Crippen LogP) is 1.14. The molecule has 1 aliphatic rings. The summed E-state index contributed by atoms with van der Waals surface area (Å²) in [5.41, 5.74) is 0.321. The number of rotatable bonds is 5. The van der Waals surface area contributed by atoms with Crippen molar-refractivity contribution >= 4 is 17.7 Å². The smallest absolute Gasteiger partial charge is 0.313 e. The molecule has 1 fully saturated rings. The van der Waals surface area contributed by atoms with Gasteiger partial charge in [0.1, 0.15) is 0 Å². The number of nitrogens with one attached hydrogen (secondary N) is 1. The number of nitrogens with zero attached hydrogens (tertiary/aromatic N) is 3. The van der Waals surface area contributed by atoms with Crippen LogP contribution in [-0.4, -0.2) is 36.6 Å². The fraction of sp³-hybridized carbons (Fsp3) is 0.333. The van der Waals surface area contributed by atoms with Crippen molar-refractivity contribution in [3.63, 3.8) is 0 Å². The van der Waals surface area contributed by atoms with Crippen LogP contribution in [0.25, 0.3) is 11.4 Å². The monoisotopic (exact) mass is 292 g/mol. The molecule has 0 amide bonds. The molecule has 0 saturated heterocycles. The molecule has 0 radical (unpaired) electrons. The zero-order valence-corrected chi connectivity index (χ0v) is 11.3. The zero-order chi connectivity index (χ0) is 14.1. The first-order valence-electron chi connectivity index (χ1n) is 6.14. The lowest BCUT2D eigenvalue weighted by molar-refractivity contribution is -0.133. The SMILES string of the molecule is O=C(O)CSc1nnc(-c2c[nH]ccc2=O)n1C1CC1. The molecule has 0 unspecified atom stereocenters. The summed E-state index contributed by atoms with van der Waals surface area (Å²) in [4.78, 5) is 25.4. The molecule has 20 heavy (non-hydrogen) atoms. The third-order valence-electron chi connectivity index (χ3n) is 2.97. The third kappa shape index (κ3) is 2.46. The normalized spacial score (nSPS) is 14.4. The van der Waals surface area contributed by atoms with Gasteiger partial charge in [-0.05, 0) is 12.8 Å². The van der Waals surface area contributed by atoms with E-state index in [1.807, 2.05) is 4.57 Å². The van der Waals surface area contributed by atoms with E-state index < -0.39 is 5.97 Å². The van der Waals surface area contributed by atoms with Gasteiger partial charge < -0.3 is 10.1 Å². The lowest BCUT2D eigenvalue weighted by Crippen LogP contribution is -2.09. The Morgan fingerprint density at radius 3 is 2.95 bits per heavy atom. The van der Waals surface area contributed by atoms with Gasteiger partial charge in [-0.25, -0.2) is 0 Å². The van der Waals surface area contributed by atoms with E-state index in [-0.39, 0.29) is 17.2 Å². The molecular formula is C12H12N4O3S. The number of thioether (sulfide) groups is 1. The van der Waals surface area contributed by atoms with Crippen LogP contribution >= 0.6 is 11.8 Å². The maximum Gasteiger partial charge on any atom is 0.313 e. The Morgan fingerprint density at radius 2 is 2.30 bits per heavy atom. The predicted molar refractivity (Wildman–Crippen MR) is 72.7 cm³/mol. The molecule has 7 nitrogen and oxygen atoms in total. The topological polar surface area (TPSA) is 101 Å². The van der Waals surface area contributed by atoms with Crippen LogP contribution in [0.1, 0.15) is 18.9 Å². The van der Waals surface area contributed by atoms with Gasteiger partial charge in [0.2, 0.25) is 0 Å². The largest absolute Gasteiger partial charge is 0.481 e. The lowest BCUT2D eigenvalue weighted by Gasteiger charge is -2.07. The second kappa shape index (κ2) is 5.12. The van der Waals surface area contributed by atoms with E-state index in [1.54, 1.807) is 12.4 Å². The second-order valence-electron chi connectivity index (χ2n) is 4.51. The fourth-order valence-electron chi connectivity index (χ4n) is 1.94. The van der Waals surface area contributed by atoms with Crippen molar-refractivity contribution in [1.82, 2.24) is 19.7 Å². The molecule has 0 spiro atoms. The van der Waals surface area contributed by atoms with Gasteiger partial charge >= 0.3 is 5.97 Å². The number of aliphatic carboxylic acids is 1. The van der Waals surface area contributed by atoms with Crippen LogP contribution in [0.5, 0.6) is 0 Å². The van der Waals surface area contributed by atoms with Crippen molar-refractivity contribution in [3.05, 3.63) is 28.7 Å². The average molecular weight is 292 g/mol. The van der Waals surface area contributed by atoms with Crippen LogP contribution in [0.2, 0.25) is 0 Å². The molecular weight excluding hydrogens is 280 g/mol. The van der Waals surface area contributed by atoms with Gasteiger partial charge in [0.15, 0.2) is 16.4 Å². The van der Waals surface area contributed by atoms with E-state index in [4.69, 9.17) is 5.11 Å². The maximum atomic E-state index is 11.9. The van der Waals surface area contributed by atoms with Crippen LogP contribution in [0.4, 0.5) is 0 Å². The number of carbonyl (C=O) groups is 1. The highest BCUT2D eigenvalue weighted by molar-refractivity contribution is 7.99. The summed E-state index contributed by atoms with van der Waals surface area (Å²) < 4.78 is 1.87. The van der Waals surface area contributed by atoms with Gasteiger partial charge in [-0.3, -0.25) is 14.2 Å². The Bertz CT molecular complexity index is 705. The molecule has 1 aliphatic carbocycles. The van der Waals surface area contributed by atoms with Gasteiger partial charge in [0.05, 0.1) is 11.3 Å². The van der Waals surface area contributed by atoms with Gasteiger partial charge in [-0.15, -0.1) is 10.2 Å². The number of hydrogen-bond donors (Lipinski definition) is 2. The number of carboxylic acids is 1. The number of aromatic amines is 1. The van der Waals surface area contributed by atoms with Crippen LogP contribution in [-0.2, 0) is 4.79 Å². The van der Waals surface area contributed by atoms with E-state index in [9.17, 15) is 9.59 Å². The molecule has 0 aliphatic heterocycles. The van der Waals surface area contributed by atoms with Crippen molar-refractivity contribution in [3.8, 4) is 11.4 Å². The minimum absolute atomic E-state index is 0.0734. The van der Waals surface area contributed by atoms with Gasteiger partial charge in [-0.2, -0.15) is 0 Å². The first-order chi connectivity index (χ1) is 9.66. The molecule has 1 saturated carbocycles. The Kier molecular flexibility index (Phi) is 3.31. The van der Waals surface area contributed by atoms with E-state index in [2.05, 4.69) is 15.2 Å². The third-order valence-corrected chi connectivity index (χ3v) is 3.89. The standard InChI is InChI=1S/C12H12N4O3S/c17-9-3-4-13-5-8(9)11-14-15-12(20-6-10(18)19)16(11)7-1-2-7/h3-5,7H,1-2,6H2,(H,13,17)(H,18,19). The van der Waals surface area contributed by atoms with Gasteiger partial charge in [0, 0.05) is 24.5 Å². The molecule has 0 atom stereocenters. The minimum atomic E-state index is -0.903. The first kappa shape index (κ1) is 12.9. The summed E-state index contributed by atoms with van der Waals surface area (Å²) in [6, 6.07) is 1.70. The Hall–Kier alpha value is -2.09. The van der Waals surface area contributed by atoms with Crippen LogP contribution in [0.3, 0.4) is 0 Å². The highest BCUT2D eigenvalue weighted by Crippen LogP contribution is 2.40. The Labute approximate surface area is 118 Å². The molecule has 2 aromatic rings. The minimum Gasteiger partial charge on any atom is -0.481 e. The number of aromatic nitrogens is 4. The summed E-state index contributed by atoms with van der Waals surface area (Å²) >= 11 is 1.12. The quantitative estimate of drug-likeness (QED) is 0.802. The highest BCUT2D eigenvalue weighted by Gasteiger charge is 2.30. The molecule has 2 aromatic heterocycles. The fourth-order valence-corrected chi connectivity index (χ4v) is 2.66. The van der Waals surface area contributed by atoms with Crippen molar-refractivity contribution in [1.29, 1.82) is 0 Å². The first-order valence-corrected chi connectivity index (χ1v) is 7.12. The van der Waals surface area contributed by atoms with Crippen LogP contribution in [0.15, 0.2) is 28.4 Å². The molecule has 3 rings (SSSR count). The Morgan fingerprint density at radius 1 is 1.50 bits per heavy atom. The van der Waals surface area contributed by atoms with E-state index >= 15 is 0 Å². The molecule has 2 N–H and O–H groups in total. The summed E-state index contributed by atoms with van der Waals surface area (Å²) in [6.45, 7) is 0. The average Bonchev–Trinajstić information content (AvgIpc) is 3.17. The summed E-state index contributed by atoms with van der Waals surface area (Å²) in [5, 5.41) is 17.4. The van der Waals surface area contributed by atoms with E-state index in [1.165, 1.54) is 6.07 Å². The molecule has 0 aromatic carbocycles. The number of pyridine rings is 1. The van der Waals surface area contributed by atoms with Crippen LogP contribution < -0.4 is 5.43 Å². The lowest BCUT2D eigenvalue weighted by atomic mass is 10.2.